The maximum absolute atomic E-state index is 13.6. The fourth-order valence-corrected chi connectivity index (χ4v) is 6.44. The van der Waals surface area contributed by atoms with Crippen LogP contribution < -0.4 is 11.2 Å². The van der Waals surface area contributed by atoms with E-state index in [0.717, 1.165) is 27.9 Å². The number of hydrogen-bond donors (Lipinski definition) is 2. The lowest BCUT2D eigenvalue weighted by Crippen LogP contribution is -2.27. The van der Waals surface area contributed by atoms with Crippen molar-refractivity contribution in [2.75, 3.05) is 6.61 Å². The van der Waals surface area contributed by atoms with Gasteiger partial charge in [-0.25, -0.2) is 0 Å². The standard InChI is InChI=1S/C36H42N10O4/c1-7-45-29(20-23(3)39-45)33(49)37-35-41(5)26-15-9-10-16-27(26)43(35)18-11-12-19-44-32-25(31(48)22-47)14-13-17-28(32)42(6)36(44)38-34(50)30-21-24(4)40-46(30)8-2/h9-17,20-21,31,47-48H,7-8,18-19,22H2,1-6H3/b12-11+,37-35+,38-36+. The van der Waals surface area contributed by atoms with Gasteiger partial charge in [0.05, 0.1) is 40.1 Å². The van der Waals surface area contributed by atoms with Crippen molar-refractivity contribution in [1.82, 2.24) is 37.8 Å². The van der Waals surface area contributed by atoms with Gasteiger partial charge in [0.2, 0.25) is 11.2 Å². The van der Waals surface area contributed by atoms with Gasteiger partial charge in [-0.05, 0) is 58.0 Å². The molecule has 1 unspecified atom stereocenters. The number of nitrogens with zero attached hydrogens (tertiary/aromatic N) is 10. The number of carbonyl (C=O) groups is 2. The zero-order valence-electron chi connectivity index (χ0n) is 29.1. The fourth-order valence-electron chi connectivity index (χ4n) is 6.44. The third-order valence-electron chi connectivity index (χ3n) is 8.81. The second-order valence-electron chi connectivity index (χ2n) is 12.1. The molecule has 0 spiro atoms. The molecule has 0 aliphatic carbocycles. The molecule has 0 aliphatic heterocycles. The van der Waals surface area contributed by atoms with E-state index in [1.165, 1.54) is 0 Å². The Morgan fingerprint density at radius 1 is 0.760 bits per heavy atom. The Bertz CT molecular complexity index is 2410. The van der Waals surface area contributed by atoms with Crippen molar-refractivity contribution < 1.29 is 19.8 Å². The average molecular weight is 679 g/mol. The van der Waals surface area contributed by atoms with Gasteiger partial charge in [-0.1, -0.05) is 36.4 Å². The van der Waals surface area contributed by atoms with Crippen LogP contribution in [-0.2, 0) is 40.3 Å². The van der Waals surface area contributed by atoms with Gasteiger partial charge >= 0.3 is 0 Å². The zero-order valence-corrected chi connectivity index (χ0v) is 29.1. The number of imidazole rings is 2. The maximum Gasteiger partial charge on any atom is 0.298 e. The molecule has 4 aromatic heterocycles. The number of aliphatic hydroxyl groups is 2. The van der Waals surface area contributed by atoms with Gasteiger partial charge in [-0.15, -0.1) is 0 Å². The van der Waals surface area contributed by atoms with Crippen LogP contribution in [0.15, 0.2) is 76.7 Å². The van der Waals surface area contributed by atoms with E-state index in [4.69, 9.17) is 0 Å². The minimum atomic E-state index is -1.13. The second kappa shape index (κ2) is 14.1. The van der Waals surface area contributed by atoms with Gasteiger partial charge < -0.3 is 28.5 Å². The zero-order chi connectivity index (χ0) is 35.7. The Morgan fingerprint density at radius 2 is 1.26 bits per heavy atom. The average Bonchev–Trinajstić information content (AvgIpc) is 3.84. The van der Waals surface area contributed by atoms with Crippen molar-refractivity contribution in [2.45, 2.75) is 60.0 Å². The molecule has 14 heteroatoms. The monoisotopic (exact) mass is 678 g/mol. The number of allylic oxidation sites excluding steroid dienone is 2. The molecule has 0 aliphatic rings. The topological polar surface area (TPSA) is 155 Å². The highest BCUT2D eigenvalue weighted by molar-refractivity contribution is 5.94. The molecule has 0 bridgehead atoms. The van der Waals surface area contributed by atoms with Crippen molar-refractivity contribution >= 4 is 33.9 Å². The van der Waals surface area contributed by atoms with Gasteiger partial charge in [0, 0.05) is 45.8 Å². The molecule has 0 fully saturated rings. The lowest BCUT2D eigenvalue weighted by Gasteiger charge is -2.11. The van der Waals surface area contributed by atoms with Crippen molar-refractivity contribution in [1.29, 1.82) is 0 Å². The molecule has 4 heterocycles. The van der Waals surface area contributed by atoms with Gasteiger partial charge in [-0.3, -0.25) is 19.0 Å². The third-order valence-corrected chi connectivity index (χ3v) is 8.81. The predicted molar refractivity (Wildman–Crippen MR) is 188 cm³/mol. The first kappa shape index (κ1) is 34.3. The summed E-state index contributed by atoms with van der Waals surface area (Å²) < 4.78 is 10.8. The Balaban J connectivity index is 1.43. The number of aliphatic hydroxyl groups excluding tert-OH is 2. The number of carbonyl (C=O) groups excluding carboxylic acids is 2. The van der Waals surface area contributed by atoms with Crippen molar-refractivity contribution in [3.63, 3.8) is 0 Å². The molecule has 2 aromatic carbocycles. The molecule has 0 saturated heterocycles. The van der Waals surface area contributed by atoms with Gasteiger partial charge in [0.1, 0.15) is 17.5 Å². The predicted octanol–water partition coefficient (Wildman–Crippen LogP) is 3.09. The van der Waals surface area contributed by atoms with Crippen LogP contribution in [0.3, 0.4) is 0 Å². The summed E-state index contributed by atoms with van der Waals surface area (Å²) >= 11 is 0. The molecule has 1 atom stereocenters. The van der Waals surface area contributed by atoms with E-state index in [1.54, 1.807) is 38.2 Å². The first-order valence-corrected chi connectivity index (χ1v) is 16.6. The summed E-state index contributed by atoms with van der Waals surface area (Å²) in [7, 11) is 3.70. The molecule has 50 heavy (non-hydrogen) atoms. The van der Waals surface area contributed by atoms with Crippen molar-refractivity contribution in [2.24, 2.45) is 24.1 Å². The Labute approximate surface area is 288 Å². The van der Waals surface area contributed by atoms with Crippen LogP contribution in [0.5, 0.6) is 0 Å². The van der Waals surface area contributed by atoms with E-state index in [2.05, 4.69) is 20.2 Å². The highest BCUT2D eigenvalue weighted by Crippen LogP contribution is 2.24. The molecule has 0 radical (unpaired) electrons. The highest BCUT2D eigenvalue weighted by atomic mass is 16.3. The van der Waals surface area contributed by atoms with Crippen LogP contribution >= 0.6 is 0 Å². The number of benzene rings is 2. The SMILES string of the molecule is CCn1nc(C)cc1C(=O)/N=c1\n(C)c2ccccc2n1C/C=C/Cn1/c(=N/C(=O)c2cc(C)nn2CC)n(C)c2cccc(C(O)CO)c21. The van der Waals surface area contributed by atoms with Crippen LogP contribution in [-0.4, -0.2) is 66.5 Å². The third kappa shape index (κ3) is 6.18. The summed E-state index contributed by atoms with van der Waals surface area (Å²) in [6.07, 6.45) is 2.78. The molecule has 2 amide bonds. The molecule has 14 nitrogen and oxygen atoms in total. The van der Waals surface area contributed by atoms with E-state index in [-0.39, 0.29) is 12.5 Å². The number of hydrogen-bond acceptors (Lipinski definition) is 6. The van der Waals surface area contributed by atoms with Crippen LogP contribution in [0, 0.1) is 13.8 Å². The largest absolute Gasteiger partial charge is 0.393 e. The molecule has 2 N–H and O–H groups in total. The molecular formula is C36H42N10O4. The number of fused-ring (bicyclic) bond motifs is 2. The summed E-state index contributed by atoms with van der Waals surface area (Å²) in [5, 5.41) is 29.5. The van der Waals surface area contributed by atoms with Crippen LogP contribution in [0.1, 0.15) is 57.9 Å². The van der Waals surface area contributed by atoms with E-state index in [9.17, 15) is 19.8 Å². The summed E-state index contributed by atoms with van der Waals surface area (Å²) in [6.45, 7) is 8.80. The summed E-state index contributed by atoms with van der Waals surface area (Å²) in [6, 6.07) is 16.8. The molecule has 260 valence electrons. The second-order valence-corrected chi connectivity index (χ2v) is 12.1. The minimum absolute atomic E-state index is 0.288. The molecule has 0 saturated carbocycles. The highest BCUT2D eigenvalue weighted by Gasteiger charge is 2.20. The first-order chi connectivity index (χ1) is 24.1. The van der Waals surface area contributed by atoms with Crippen LogP contribution in [0.4, 0.5) is 0 Å². The van der Waals surface area contributed by atoms with Crippen molar-refractivity contribution in [3.05, 3.63) is 106 Å². The lowest BCUT2D eigenvalue weighted by atomic mass is 10.1. The summed E-state index contributed by atoms with van der Waals surface area (Å²) in [4.78, 5) is 36.2. The van der Waals surface area contributed by atoms with Crippen molar-refractivity contribution in [3.8, 4) is 0 Å². The maximum atomic E-state index is 13.6. The first-order valence-electron chi connectivity index (χ1n) is 16.6. The van der Waals surface area contributed by atoms with E-state index in [1.807, 2.05) is 98.0 Å². The number of para-hydroxylation sites is 3. The summed E-state index contributed by atoms with van der Waals surface area (Å²) in [5.74, 6) is -0.824. The molecule has 6 aromatic rings. The van der Waals surface area contributed by atoms with Crippen LogP contribution in [0.2, 0.25) is 0 Å². The Morgan fingerprint density at radius 3 is 1.82 bits per heavy atom. The number of rotatable bonds is 10. The molecular weight excluding hydrogens is 636 g/mol. The number of amides is 2. The van der Waals surface area contributed by atoms with E-state index < -0.39 is 18.6 Å². The van der Waals surface area contributed by atoms with E-state index >= 15 is 0 Å². The number of aromatic nitrogens is 8. The minimum Gasteiger partial charge on any atom is -0.393 e. The molecule has 6 rings (SSSR count). The fraction of sp³-hybridized carbons (Fsp3) is 0.333. The summed E-state index contributed by atoms with van der Waals surface area (Å²) in [5.41, 5.74) is 6.84. The van der Waals surface area contributed by atoms with Crippen LogP contribution in [0.25, 0.3) is 22.1 Å². The normalized spacial score (nSPS) is 13.4. The smallest absolute Gasteiger partial charge is 0.298 e. The van der Waals surface area contributed by atoms with E-state index in [0.29, 0.717) is 53.3 Å². The quantitative estimate of drug-likeness (QED) is 0.212. The van der Waals surface area contributed by atoms with Gasteiger partial charge in [-0.2, -0.15) is 20.2 Å². The Kier molecular flexibility index (Phi) is 9.66. The Hall–Kier alpha value is -5.60. The van der Waals surface area contributed by atoms with Gasteiger partial charge in [0.25, 0.3) is 11.8 Å². The lowest BCUT2D eigenvalue weighted by molar-refractivity contribution is 0.0964. The van der Waals surface area contributed by atoms with Gasteiger partial charge in [0.15, 0.2) is 0 Å². The number of aryl methyl sites for hydroxylation is 6.